The first-order chi connectivity index (χ1) is 14.9. The lowest BCUT2D eigenvalue weighted by molar-refractivity contribution is -0.123. The van der Waals surface area contributed by atoms with E-state index < -0.39 is 17.9 Å². The maximum atomic E-state index is 12.7. The number of hydrogen-bond acceptors (Lipinski definition) is 7. The van der Waals surface area contributed by atoms with Gasteiger partial charge in [0.2, 0.25) is 5.76 Å². The number of furan rings is 1. The molecule has 3 rings (SSSR count). The number of amides is 3. The Kier molecular flexibility index (Phi) is 6.86. The van der Waals surface area contributed by atoms with E-state index in [9.17, 15) is 14.4 Å². The number of halogens is 1. The van der Waals surface area contributed by atoms with Crippen LogP contribution >= 0.6 is 22.6 Å². The summed E-state index contributed by atoms with van der Waals surface area (Å²) < 4.78 is 21.5. The minimum Gasteiger partial charge on any atom is -0.493 e. The summed E-state index contributed by atoms with van der Waals surface area (Å²) in [4.78, 5) is 37.5. The highest BCUT2D eigenvalue weighted by molar-refractivity contribution is 14.1. The average molecular weight is 536 g/mol. The number of rotatable bonds is 7. The molecule has 1 aliphatic heterocycles. The van der Waals surface area contributed by atoms with E-state index in [-0.39, 0.29) is 30.4 Å². The fourth-order valence-electron chi connectivity index (χ4n) is 2.79. The van der Waals surface area contributed by atoms with Crippen molar-refractivity contribution in [1.29, 1.82) is 0 Å². The topological polar surface area (TPSA) is 107 Å². The Morgan fingerprint density at radius 2 is 2.10 bits per heavy atom. The third kappa shape index (κ3) is 4.83. The lowest BCUT2D eigenvalue weighted by atomic mass is 10.1. The molecule has 1 fully saturated rings. The molecule has 0 bridgehead atoms. The Bertz CT molecular complexity index is 1110. The molecular weight excluding hydrogens is 519 g/mol. The Morgan fingerprint density at radius 3 is 2.77 bits per heavy atom. The van der Waals surface area contributed by atoms with Crippen molar-refractivity contribution in [3.8, 4) is 23.8 Å². The number of carbonyl (C=O) groups is 3. The van der Waals surface area contributed by atoms with Crippen LogP contribution in [-0.4, -0.2) is 43.6 Å². The second kappa shape index (κ2) is 9.57. The van der Waals surface area contributed by atoms with Gasteiger partial charge in [-0.25, -0.2) is 9.59 Å². The summed E-state index contributed by atoms with van der Waals surface area (Å²) in [6.07, 6.45) is 6.76. The first kappa shape index (κ1) is 22.2. The summed E-state index contributed by atoms with van der Waals surface area (Å²) in [5, 5.41) is 2.53. The zero-order chi connectivity index (χ0) is 22.5. The van der Waals surface area contributed by atoms with E-state index >= 15 is 0 Å². The summed E-state index contributed by atoms with van der Waals surface area (Å²) in [5.74, 6) is 2.37. The number of nitrogens with one attached hydrogen (secondary N) is 1. The maximum Gasteiger partial charge on any atom is 0.373 e. The summed E-state index contributed by atoms with van der Waals surface area (Å²) in [6.45, 7) is -0.0561. The van der Waals surface area contributed by atoms with Crippen molar-refractivity contribution < 1.29 is 33.0 Å². The number of benzene rings is 1. The second-order valence-electron chi connectivity index (χ2n) is 6.16. The van der Waals surface area contributed by atoms with Crippen LogP contribution in [0.2, 0.25) is 0 Å². The molecule has 10 heteroatoms. The molecule has 2 aromatic rings. The molecule has 9 nitrogen and oxygen atoms in total. The van der Waals surface area contributed by atoms with Crippen LogP contribution in [0.15, 0.2) is 34.4 Å². The van der Waals surface area contributed by atoms with E-state index in [0.29, 0.717) is 17.1 Å². The van der Waals surface area contributed by atoms with Gasteiger partial charge in [-0.15, -0.1) is 6.42 Å². The van der Waals surface area contributed by atoms with Crippen LogP contribution in [0.25, 0.3) is 6.08 Å². The van der Waals surface area contributed by atoms with Gasteiger partial charge >= 0.3 is 12.0 Å². The number of terminal acetylenes is 1. The van der Waals surface area contributed by atoms with Crippen molar-refractivity contribution in [2.24, 2.45) is 0 Å². The van der Waals surface area contributed by atoms with Gasteiger partial charge in [-0.1, -0.05) is 5.92 Å². The molecule has 160 valence electrons. The quantitative estimate of drug-likeness (QED) is 0.191. The van der Waals surface area contributed by atoms with Gasteiger partial charge < -0.3 is 23.9 Å². The standard InChI is InChI=1S/C21H17IN2O7/c1-4-7-30-18-14(22)8-12(10-17(18)28-2)9-15-19(25)24(21(27)23-15)11-13-5-6-16(31-13)20(26)29-3/h1,5-6,8-10H,7,11H2,2-3H3,(H,23,27)/b15-9-. The SMILES string of the molecule is C#CCOc1c(I)cc(/C=C2\NC(=O)N(Cc3ccc(C(=O)OC)o3)C2=O)cc1OC. The van der Waals surface area contributed by atoms with E-state index in [4.69, 9.17) is 20.3 Å². The molecule has 0 saturated carbocycles. The molecule has 0 spiro atoms. The van der Waals surface area contributed by atoms with Crippen LogP contribution in [-0.2, 0) is 16.1 Å². The number of hydrogen-bond donors (Lipinski definition) is 1. The number of methoxy groups -OCH3 is 2. The Morgan fingerprint density at radius 1 is 1.32 bits per heavy atom. The first-order valence-electron chi connectivity index (χ1n) is 8.83. The van der Waals surface area contributed by atoms with Crippen molar-refractivity contribution in [2.45, 2.75) is 6.54 Å². The van der Waals surface area contributed by atoms with Gasteiger partial charge in [0.25, 0.3) is 5.91 Å². The Hall–Kier alpha value is -3.46. The molecule has 31 heavy (non-hydrogen) atoms. The lowest BCUT2D eigenvalue weighted by Gasteiger charge is -2.12. The van der Waals surface area contributed by atoms with E-state index in [0.717, 1.165) is 8.47 Å². The third-order valence-corrected chi connectivity index (χ3v) is 4.99. The highest BCUT2D eigenvalue weighted by Gasteiger charge is 2.34. The van der Waals surface area contributed by atoms with Gasteiger partial charge in [0.15, 0.2) is 11.5 Å². The summed E-state index contributed by atoms with van der Waals surface area (Å²) in [5.41, 5.74) is 0.700. The van der Waals surface area contributed by atoms with Crippen LogP contribution in [0.5, 0.6) is 11.5 Å². The number of ether oxygens (including phenoxy) is 3. The average Bonchev–Trinajstić information content (AvgIpc) is 3.32. The van der Waals surface area contributed by atoms with E-state index in [1.165, 1.54) is 32.4 Å². The molecule has 1 aliphatic rings. The monoisotopic (exact) mass is 536 g/mol. The van der Waals surface area contributed by atoms with Crippen molar-refractivity contribution in [3.05, 3.63) is 50.6 Å². The molecule has 1 aromatic heterocycles. The minimum absolute atomic E-state index is 0.0193. The largest absolute Gasteiger partial charge is 0.493 e. The molecule has 0 aliphatic carbocycles. The van der Waals surface area contributed by atoms with Crippen molar-refractivity contribution in [1.82, 2.24) is 10.2 Å². The first-order valence-corrected chi connectivity index (χ1v) is 9.91. The normalized spacial score (nSPS) is 14.4. The highest BCUT2D eigenvalue weighted by Crippen LogP contribution is 2.34. The van der Waals surface area contributed by atoms with Gasteiger partial charge in [-0.05, 0) is 58.5 Å². The van der Waals surface area contributed by atoms with Crippen LogP contribution in [0.3, 0.4) is 0 Å². The van der Waals surface area contributed by atoms with Gasteiger partial charge in [0.1, 0.15) is 18.1 Å². The molecule has 1 N–H and O–H groups in total. The van der Waals surface area contributed by atoms with Gasteiger partial charge in [0, 0.05) is 0 Å². The Labute approximate surface area is 191 Å². The fourth-order valence-corrected chi connectivity index (χ4v) is 3.57. The molecule has 1 aromatic carbocycles. The van der Waals surface area contributed by atoms with E-state index in [1.54, 1.807) is 12.1 Å². The number of carbonyl (C=O) groups excluding carboxylic acids is 3. The molecule has 1 saturated heterocycles. The smallest absolute Gasteiger partial charge is 0.373 e. The van der Waals surface area contributed by atoms with Crippen molar-refractivity contribution in [3.63, 3.8) is 0 Å². The molecule has 0 radical (unpaired) electrons. The minimum atomic E-state index is -0.651. The summed E-state index contributed by atoms with van der Waals surface area (Å²) in [6, 6.07) is 5.73. The second-order valence-corrected chi connectivity index (χ2v) is 7.33. The van der Waals surface area contributed by atoms with Crippen LogP contribution < -0.4 is 14.8 Å². The zero-order valence-corrected chi connectivity index (χ0v) is 18.7. The Balaban J connectivity index is 1.81. The molecule has 0 atom stereocenters. The molecule has 2 heterocycles. The number of esters is 1. The highest BCUT2D eigenvalue weighted by atomic mass is 127. The molecule has 0 unspecified atom stereocenters. The van der Waals surface area contributed by atoms with Crippen LogP contribution in [0.4, 0.5) is 4.79 Å². The number of imide groups is 1. The number of urea groups is 1. The van der Waals surface area contributed by atoms with E-state index in [1.807, 2.05) is 0 Å². The molecule has 3 amide bonds. The number of nitrogens with zero attached hydrogens (tertiary/aromatic N) is 1. The van der Waals surface area contributed by atoms with E-state index in [2.05, 4.69) is 38.6 Å². The predicted molar refractivity (Wildman–Crippen MR) is 117 cm³/mol. The van der Waals surface area contributed by atoms with Crippen molar-refractivity contribution in [2.75, 3.05) is 20.8 Å². The predicted octanol–water partition coefficient (Wildman–Crippen LogP) is 2.78. The van der Waals surface area contributed by atoms with Crippen LogP contribution in [0, 0.1) is 15.9 Å². The zero-order valence-electron chi connectivity index (χ0n) is 16.6. The fraction of sp³-hybridized carbons (Fsp3) is 0.190. The lowest BCUT2D eigenvalue weighted by Crippen LogP contribution is -2.30. The van der Waals surface area contributed by atoms with Crippen molar-refractivity contribution >= 4 is 46.6 Å². The molecular formula is C21H17IN2O7. The third-order valence-electron chi connectivity index (χ3n) is 4.19. The van der Waals surface area contributed by atoms with Gasteiger partial charge in [-0.2, -0.15) is 0 Å². The van der Waals surface area contributed by atoms with Crippen LogP contribution in [0.1, 0.15) is 21.9 Å². The summed E-state index contributed by atoms with van der Waals surface area (Å²) in [7, 11) is 2.71. The summed E-state index contributed by atoms with van der Waals surface area (Å²) >= 11 is 2.06. The van der Waals surface area contributed by atoms with Gasteiger partial charge in [-0.3, -0.25) is 9.69 Å². The maximum absolute atomic E-state index is 12.7. The van der Waals surface area contributed by atoms with Gasteiger partial charge in [0.05, 0.1) is 24.3 Å².